The van der Waals surface area contributed by atoms with Crippen molar-refractivity contribution in [3.63, 3.8) is 0 Å². The van der Waals surface area contributed by atoms with Crippen LogP contribution in [0.5, 0.6) is 11.5 Å². The van der Waals surface area contributed by atoms with E-state index in [4.69, 9.17) is 15.2 Å². The fourth-order valence-electron chi connectivity index (χ4n) is 2.48. The normalized spacial score (nSPS) is 14.0. The molecule has 1 aromatic carbocycles. The lowest BCUT2D eigenvalue weighted by molar-refractivity contribution is 0.297. The molecule has 0 unspecified atom stereocenters. The highest BCUT2D eigenvalue weighted by molar-refractivity contribution is 14.0. The summed E-state index contributed by atoms with van der Waals surface area (Å²) in [4.78, 5) is 6.76. The summed E-state index contributed by atoms with van der Waals surface area (Å²) in [5.41, 5.74) is 6.82. The van der Waals surface area contributed by atoms with Crippen LogP contribution in [0.2, 0.25) is 0 Å². The van der Waals surface area contributed by atoms with Gasteiger partial charge in [-0.05, 0) is 31.6 Å². The molecule has 0 atom stereocenters. The Morgan fingerprint density at radius 3 is 2.67 bits per heavy atom. The van der Waals surface area contributed by atoms with E-state index >= 15 is 0 Å². The molecule has 0 amide bonds. The zero-order valence-electron chi connectivity index (χ0n) is 14.6. The van der Waals surface area contributed by atoms with E-state index in [9.17, 15) is 0 Å². The van der Waals surface area contributed by atoms with Crippen molar-refractivity contribution in [2.45, 2.75) is 26.7 Å². The summed E-state index contributed by atoms with van der Waals surface area (Å²) in [5.74, 6) is 1.95. The Morgan fingerprint density at radius 1 is 1.21 bits per heavy atom. The summed E-state index contributed by atoms with van der Waals surface area (Å²) < 4.78 is 11.3. The lowest BCUT2D eigenvalue weighted by atomic mass is 10.3. The van der Waals surface area contributed by atoms with Gasteiger partial charge in [-0.2, -0.15) is 0 Å². The fraction of sp³-hybridized carbons (Fsp3) is 0.588. The van der Waals surface area contributed by atoms with Crippen LogP contribution in [0.1, 0.15) is 26.7 Å². The number of guanidine groups is 1. The van der Waals surface area contributed by atoms with Crippen molar-refractivity contribution in [2.24, 2.45) is 10.7 Å². The van der Waals surface area contributed by atoms with E-state index in [0.29, 0.717) is 25.7 Å². The van der Waals surface area contributed by atoms with Crippen LogP contribution in [-0.2, 0) is 0 Å². The number of likely N-dealkylation sites (N-methyl/N-ethyl adjacent to an activating group) is 1. The molecular weight excluding hydrogens is 419 g/mol. The van der Waals surface area contributed by atoms with Crippen molar-refractivity contribution in [3.8, 4) is 11.5 Å². The number of ether oxygens (including phenoxy) is 2. The van der Waals surface area contributed by atoms with E-state index in [2.05, 4.69) is 29.1 Å². The Kier molecular flexibility index (Phi) is 9.85. The second kappa shape index (κ2) is 11.4. The van der Waals surface area contributed by atoms with E-state index in [0.717, 1.165) is 49.7 Å². The Labute approximate surface area is 161 Å². The molecule has 3 N–H and O–H groups in total. The minimum absolute atomic E-state index is 0. The molecule has 0 bridgehead atoms. The van der Waals surface area contributed by atoms with Gasteiger partial charge in [0.05, 0.1) is 19.8 Å². The number of anilines is 1. The molecule has 0 fully saturated rings. The fourth-order valence-corrected chi connectivity index (χ4v) is 2.48. The monoisotopic (exact) mass is 448 g/mol. The zero-order chi connectivity index (χ0) is 16.5. The van der Waals surface area contributed by atoms with Crippen LogP contribution in [0.3, 0.4) is 0 Å². The molecule has 0 spiro atoms. The first-order valence-corrected chi connectivity index (χ1v) is 8.42. The maximum absolute atomic E-state index is 5.96. The summed E-state index contributed by atoms with van der Waals surface area (Å²) in [6.45, 7) is 9.47. The van der Waals surface area contributed by atoms with Gasteiger partial charge >= 0.3 is 0 Å². The lowest BCUT2D eigenvalue weighted by Gasteiger charge is -2.18. The van der Waals surface area contributed by atoms with E-state index < -0.39 is 0 Å². The summed E-state index contributed by atoms with van der Waals surface area (Å²) in [7, 11) is 0. The molecule has 0 saturated heterocycles. The van der Waals surface area contributed by atoms with Gasteiger partial charge in [0.2, 0.25) is 0 Å². The van der Waals surface area contributed by atoms with Crippen molar-refractivity contribution in [2.75, 3.05) is 44.7 Å². The van der Waals surface area contributed by atoms with Gasteiger partial charge in [-0.15, -0.1) is 24.0 Å². The quantitative estimate of drug-likeness (QED) is 0.381. The highest BCUT2D eigenvalue weighted by Crippen LogP contribution is 2.32. The number of nitrogens with two attached hydrogens (primary N) is 1. The Morgan fingerprint density at radius 2 is 1.96 bits per heavy atom. The van der Waals surface area contributed by atoms with Crippen LogP contribution < -0.4 is 20.5 Å². The molecule has 1 aliphatic rings. The number of hydrogen-bond acceptors (Lipinski definition) is 4. The highest BCUT2D eigenvalue weighted by atomic mass is 127. The molecule has 136 valence electrons. The molecule has 0 aliphatic carbocycles. The summed E-state index contributed by atoms with van der Waals surface area (Å²) in [5, 5.41) is 3.11. The third-order valence-electron chi connectivity index (χ3n) is 3.71. The molecular formula is C17H29IN4O2. The average molecular weight is 448 g/mol. The SMILES string of the molecule is CCCN(CC)CCN=C(N)Nc1ccc2c(c1)OCCCO2.I. The molecule has 2 rings (SSSR count). The summed E-state index contributed by atoms with van der Waals surface area (Å²) >= 11 is 0. The van der Waals surface area contributed by atoms with Gasteiger partial charge in [0.25, 0.3) is 0 Å². The highest BCUT2D eigenvalue weighted by Gasteiger charge is 2.10. The lowest BCUT2D eigenvalue weighted by Crippen LogP contribution is -2.29. The van der Waals surface area contributed by atoms with Crippen molar-refractivity contribution in [3.05, 3.63) is 18.2 Å². The van der Waals surface area contributed by atoms with Gasteiger partial charge in [0.1, 0.15) is 0 Å². The topological polar surface area (TPSA) is 72.1 Å². The summed E-state index contributed by atoms with van der Waals surface area (Å²) in [6, 6.07) is 5.72. The molecule has 24 heavy (non-hydrogen) atoms. The largest absolute Gasteiger partial charge is 0.490 e. The van der Waals surface area contributed by atoms with Crippen LogP contribution >= 0.6 is 24.0 Å². The van der Waals surface area contributed by atoms with Gasteiger partial charge in [0.15, 0.2) is 17.5 Å². The van der Waals surface area contributed by atoms with Crippen LogP contribution in [0.15, 0.2) is 23.2 Å². The van der Waals surface area contributed by atoms with Crippen molar-refractivity contribution >= 4 is 35.6 Å². The van der Waals surface area contributed by atoms with E-state index in [1.165, 1.54) is 0 Å². The smallest absolute Gasteiger partial charge is 0.193 e. The Hall–Kier alpha value is -1.22. The zero-order valence-corrected chi connectivity index (χ0v) is 16.9. The molecule has 0 saturated carbocycles. The molecule has 1 aliphatic heterocycles. The maximum Gasteiger partial charge on any atom is 0.193 e. The number of fused-ring (bicyclic) bond motifs is 1. The van der Waals surface area contributed by atoms with Gasteiger partial charge in [-0.25, -0.2) is 0 Å². The van der Waals surface area contributed by atoms with Crippen LogP contribution in [0, 0.1) is 0 Å². The minimum atomic E-state index is 0. The average Bonchev–Trinajstić information content (AvgIpc) is 2.79. The number of nitrogens with one attached hydrogen (secondary N) is 1. The van der Waals surface area contributed by atoms with Crippen molar-refractivity contribution in [1.29, 1.82) is 0 Å². The number of aliphatic imine (C=N–C) groups is 1. The molecule has 0 radical (unpaired) electrons. The molecule has 6 nitrogen and oxygen atoms in total. The Balaban J connectivity index is 0.00000288. The van der Waals surface area contributed by atoms with Gasteiger partial charge < -0.3 is 25.4 Å². The number of rotatable bonds is 7. The number of halogens is 1. The second-order valence-electron chi connectivity index (χ2n) is 5.54. The van der Waals surface area contributed by atoms with E-state index in [1.54, 1.807) is 0 Å². The van der Waals surface area contributed by atoms with Gasteiger partial charge in [0, 0.05) is 24.7 Å². The second-order valence-corrected chi connectivity index (χ2v) is 5.54. The predicted octanol–water partition coefficient (Wildman–Crippen LogP) is 2.92. The Bertz CT molecular complexity index is 525. The standard InChI is InChI=1S/C17H28N4O2.HI/c1-3-9-21(4-2)10-8-19-17(18)20-14-6-7-15-16(13-14)23-12-5-11-22-15;/h6-7,13H,3-5,8-12H2,1-2H3,(H3,18,19,20);1H. The molecule has 0 aromatic heterocycles. The summed E-state index contributed by atoms with van der Waals surface area (Å²) in [6.07, 6.45) is 2.05. The number of benzene rings is 1. The first-order valence-electron chi connectivity index (χ1n) is 8.42. The minimum Gasteiger partial charge on any atom is -0.490 e. The van der Waals surface area contributed by atoms with E-state index in [-0.39, 0.29) is 24.0 Å². The third kappa shape index (κ3) is 6.72. The molecule has 1 aromatic rings. The van der Waals surface area contributed by atoms with Crippen LogP contribution in [0.25, 0.3) is 0 Å². The van der Waals surface area contributed by atoms with Crippen LogP contribution in [0.4, 0.5) is 5.69 Å². The van der Waals surface area contributed by atoms with E-state index in [1.807, 2.05) is 18.2 Å². The third-order valence-corrected chi connectivity index (χ3v) is 3.71. The first kappa shape index (κ1) is 20.8. The number of nitrogens with zero attached hydrogens (tertiary/aromatic N) is 2. The van der Waals surface area contributed by atoms with Crippen molar-refractivity contribution in [1.82, 2.24) is 4.90 Å². The first-order chi connectivity index (χ1) is 11.2. The van der Waals surface area contributed by atoms with Crippen molar-refractivity contribution < 1.29 is 9.47 Å². The van der Waals surface area contributed by atoms with Gasteiger partial charge in [-0.3, -0.25) is 4.99 Å². The predicted molar refractivity (Wildman–Crippen MR) is 110 cm³/mol. The number of hydrogen-bond donors (Lipinski definition) is 2. The van der Waals surface area contributed by atoms with Gasteiger partial charge in [-0.1, -0.05) is 13.8 Å². The maximum atomic E-state index is 5.96. The molecule has 7 heteroatoms. The van der Waals surface area contributed by atoms with Crippen LogP contribution in [-0.4, -0.2) is 50.3 Å². The molecule has 1 heterocycles.